The number of rotatable bonds is 7. The minimum Gasteiger partial charge on any atom is -0.493 e. The maximum absolute atomic E-state index is 5.86. The summed E-state index contributed by atoms with van der Waals surface area (Å²) in [6, 6.07) is 6.29. The average molecular weight is 347 g/mol. The van der Waals surface area contributed by atoms with E-state index in [9.17, 15) is 0 Å². The van der Waals surface area contributed by atoms with Gasteiger partial charge in [-0.25, -0.2) is 4.98 Å². The molecule has 24 heavy (non-hydrogen) atoms. The summed E-state index contributed by atoms with van der Waals surface area (Å²) in [4.78, 5) is 9.73. The monoisotopic (exact) mass is 346 g/mol. The number of aromatic nitrogens is 1. The third-order valence-electron chi connectivity index (χ3n) is 3.45. The number of nitrogens with zero attached hydrogens (tertiary/aromatic N) is 2. The van der Waals surface area contributed by atoms with E-state index >= 15 is 0 Å². The lowest BCUT2D eigenvalue weighted by Crippen LogP contribution is -2.36. The highest BCUT2D eigenvalue weighted by Crippen LogP contribution is 2.20. The Bertz CT molecular complexity index is 681. The van der Waals surface area contributed by atoms with Crippen LogP contribution < -0.4 is 15.4 Å². The van der Waals surface area contributed by atoms with E-state index in [0.29, 0.717) is 6.54 Å². The lowest BCUT2D eigenvalue weighted by Gasteiger charge is -2.15. The Morgan fingerprint density at radius 1 is 1.25 bits per heavy atom. The topological polar surface area (TPSA) is 58.5 Å². The second kappa shape index (κ2) is 9.27. The highest BCUT2D eigenvalue weighted by molar-refractivity contribution is 7.11. The molecular weight excluding hydrogens is 320 g/mol. The smallest absolute Gasteiger partial charge is 0.191 e. The first-order valence-electron chi connectivity index (χ1n) is 8.20. The fraction of sp³-hybridized carbons (Fsp3) is 0.444. The van der Waals surface area contributed by atoms with Crippen molar-refractivity contribution >= 4 is 17.3 Å². The van der Waals surface area contributed by atoms with Gasteiger partial charge in [0.2, 0.25) is 0 Å². The van der Waals surface area contributed by atoms with E-state index in [1.807, 2.05) is 13.1 Å². The summed E-state index contributed by atoms with van der Waals surface area (Å²) in [7, 11) is 1.77. The zero-order valence-electron chi connectivity index (χ0n) is 14.8. The lowest BCUT2D eigenvalue weighted by atomic mass is 10.1. The molecule has 5 nitrogen and oxygen atoms in total. The van der Waals surface area contributed by atoms with Crippen molar-refractivity contribution in [3.8, 4) is 5.75 Å². The Kier molecular flexibility index (Phi) is 7.06. The second-order valence-corrected chi connectivity index (χ2v) is 6.90. The molecule has 0 saturated heterocycles. The highest BCUT2D eigenvalue weighted by Gasteiger charge is 2.06. The van der Waals surface area contributed by atoms with E-state index in [1.165, 1.54) is 10.4 Å². The molecule has 0 aliphatic heterocycles. The molecule has 0 unspecified atom stereocenters. The van der Waals surface area contributed by atoms with Gasteiger partial charge in [-0.3, -0.25) is 4.99 Å². The third-order valence-corrected chi connectivity index (χ3v) is 4.37. The number of aliphatic imine (C=N–C) groups is 1. The first-order chi connectivity index (χ1) is 11.6. The number of ether oxygens (including phenoxy) is 1. The van der Waals surface area contributed by atoms with Crippen LogP contribution in [0.5, 0.6) is 5.75 Å². The number of benzene rings is 1. The molecular formula is C18H26N4OS. The van der Waals surface area contributed by atoms with Crippen LogP contribution in [0.4, 0.5) is 0 Å². The van der Waals surface area contributed by atoms with Gasteiger partial charge >= 0.3 is 0 Å². The van der Waals surface area contributed by atoms with Gasteiger partial charge in [0, 0.05) is 30.2 Å². The standard InChI is InChI=1S/C18H26N4OS/c1-5-8-23-17-9-13(2)6-7-15(17)10-21-18(19-4)22-12-16-11-20-14(3)24-16/h6-7,9,11H,5,8,10,12H2,1-4H3,(H2,19,21,22). The SMILES string of the molecule is CCCOc1cc(C)ccc1CNC(=NC)NCc1cnc(C)s1. The Hall–Kier alpha value is -2.08. The first-order valence-corrected chi connectivity index (χ1v) is 9.02. The van der Waals surface area contributed by atoms with Gasteiger partial charge in [0.05, 0.1) is 18.2 Å². The van der Waals surface area contributed by atoms with Crippen molar-refractivity contribution in [2.45, 2.75) is 40.3 Å². The molecule has 2 rings (SSSR count). The van der Waals surface area contributed by atoms with E-state index in [0.717, 1.165) is 41.9 Å². The van der Waals surface area contributed by atoms with E-state index in [1.54, 1.807) is 18.4 Å². The van der Waals surface area contributed by atoms with Crippen LogP contribution in [0.1, 0.15) is 34.4 Å². The summed E-state index contributed by atoms with van der Waals surface area (Å²) < 4.78 is 5.86. The van der Waals surface area contributed by atoms with Crippen molar-refractivity contribution in [3.63, 3.8) is 0 Å². The van der Waals surface area contributed by atoms with Crippen molar-refractivity contribution in [2.75, 3.05) is 13.7 Å². The van der Waals surface area contributed by atoms with Crippen LogP contribution in [0.2, 0.25) is 0 Å². The Labute approximate surface area is 148 Å². The fourth-order valence-electron chi connectivity index (χ4n) is 2.21. The van der Waals surface area contributed by atoms with Gasteiger partial charge in [-0.05, 0) is 31.9 Å². The number of nitrogens with one attached hydrogen (secondary N) is 2. The van der Waals surface area contributed by atoms with Crippen LogP contribution in [0.15, 0.2) is 29.4 Å². The molecule has 1 aromatic heterocycles. The van der Waals surface area contributed by atoms with Crippen molar-refractivity contribution in [1.29, 1.82) is 0 Å². The number of thiazole rings is 1. The number of hydrogen-bond acceptors (Lipinski definition) is 4. The molecule has 0 atom stereocenters. The van der Waals surface area contributed by atoms with Crippen molar-refractivity contribution in [1.82, 2.24) is 15.6 Å². The van der Waals surface area contributed by atoms with Crippen molar-refractivity contribution < 1.29 is 4.74 Å². The average Bonchev–Trinajstić information content (AvgIpc) is 2.99. The maximum atomic E-state index is 5.86. The first kappa shape index (κ1) is 18.3. The maximum Gasteiger partial charge on any atom is 0.191 e. The van der Waals surface area contributed by atoms with Crippen molar-refractivity contribution in [3.05, 3.63) is 45.4 Å². The van der Waals surface area contributed by atoms with Gasteiger partial charge in [0.15, 0.2) is 5.96 Å². The van der Waals surface area contributed by atoms with Gasteiger partial charge in [-0.1, -0.05) is 19.1 Å². The lowest BCUT2D eigenvalue weighted by molar-refractivity contribution is 0.313. The molecule has 130 valence electrons. The molecule has 0 bridgehead atoms. The summed E-state index contributed by atoms with van der Waals surface area (Å²) in [6.45, 7) is 8.32. The van der Waals surface area contributed by atoms with Gasteiger partial charge in [-0.15, -0.1) is 11.3 Å². The molecule has 1 heterocycles. The number of hydrogen-bond donors (Lipinski definition) is 2. The molecule has 2 N–H and O–H groups in total. The number of guanidine groups is 1. The van der Waals surface area contributed by atoms with Gasteiger partial charge < -0.3 is 15.4 Å². The van der Waals surface area contributed by atoms with Crippen LogP contribution in [0.25, 0.3) is 0 Å². The zero-order chi connectivity index (χ0) is 17.4. The summed E-state index contributed by atoms with van der Waals surface area (Å²) in [5.74, 6) is 1.71. The molecule has 0 saturated carbocycles. The predicted octanol–water partition coefficient (Wildman–Crippen LogP) is 3.41. The molecule has 0 aliphatic carbocycles. The van der Waals surface area contributed by atoms with E-state index < -0.39 is 0 Å². The summed E-state index contributed by atoms with van der Waals surface area (Å²) >= 11 is 1.69. The Morgan fingerprint density at radius 3 is 2.71 bits per heavy atom. The zero-order valence-corrected chi connectivity index (χ0v) is 15.7. The molecule has 0 fully saturated rings. The van der Waals surface area contributed by atoms with Crippen LogP contribution in [0.3, 0.4) is 0 Å². The minimum absolute atomic E-state index is 0.667. The molecule has 1 aromatic carbocycles. The summed E-state index contributed by atoms with van der Waals surface area (Å²) in [6.07, 6.45) is 2.90. The highest BCUT2D eigenvalue weighted by atomic mass is 32.1. The fourth-order valence-corrected chi connectivity index (χ4v) is 2.95. The summed E-state index contributed by atoms with van der Waals surface area (Å²) in [5.41, 5.74) is 2.33. The normalized spacial score (nSPS) is 11.4. The van der Waals surface area contributed by atoms with Crippen LogP contribution in [0, 0.1) is 13.8 Å². The molecule has 0 radical (unpaired) electrons. The minimum atomic E-state index is 0.667. The Balaban J connectivity index is 1.92. The molecule has 0 aliphatic rings. The molecule has 0 spiro atoms. The third kappa shape index (κ3) is 5.53. The van der Waals surface area contributed by atoms with E-state index in [2.05, 4.69) is 52.7 Å². The second-order valence-electron chi connectivity index (χ2n) is 5.58. The van der Waals surface area contributed by atoms with Gasteiger partial charge in [-0.2, -0.15) is 0 Å². The van der Waals surface area contributed by atoms with Gasteiger partial charge in [0.25, 0.3) is 0 Å². The largest absolute Gasteiger partial charge is 0.493 e. The Morgan fingerprint density at radius 2 is 2.04 bits per heavy atom. The van der Waals surface area contributed by atoms with E-state index in [-0.39, 0.29) is 0 Å². The predicted molar refractivity (Wildman–Crippen MR) is 101 cm³/mol. The van der Waals surface area contributed by atoms with Crippen LogP contribution >= 0.6 is 11.3 Å². The van der Waals surface area contributed by atoms with E-state index in [4.69, 9.17) is 4.74 Å². The van der Waals surface area contributed by atoms with Crippen molar-refractivity contribution in [2.24, 2.45) is 4.99 Å². The summed E-state index contributed by atoms with van der Waals surface area (Å²) in [5, 5.41) is 7.73. The van der Waals surface area contributed by atoms with Gasteiger partial charge in [0.1, 0.15) is 5.75 Å². The van der Waals surface area contributed by atoms with Crippen LogP contribution in [-0.2, 0) is 13.1 Å². The quantitative estimate of drug-likeness (QED) is 0.596. The van der Waals surface area contributed by atoms with Crippen LogP contribution in [-0.4, -0.2) is 24.6 Å². The molecule has 2 aromatic rings. The molecule has 0 amide bonds. The molecule has 6 heteroatoms. The number of aryl methyl sites for hydroxylation is 2.